The average molecular weight is 168 g/mol. The van der Waals surface area contributed by atoms with Crippen molar-refractivity contribution in [2.24, 2.45) is 5.41 Å². The maximum absolute atomic E-state index is 2.49. The van der Waals surface area contributed by atoms with Crippen molar-refractivity contribution in [2.75, 3.05) is 6.54 Å². The molecule has 2 atom stereocenters. The van der Waals surface area contributed by atoms with Crippen LogP contribution in [0.25, 0.3) is 0 Å². The van der Waals surface area contributed by atoms with Crippen LogP contribution in [0.3, 0.4) is 0 Å². The molecule has 0 saturated carbocycles. The van der Waals surface area contributed by atoms with E-state index in [2.05, 4.69) is 38.5 Å². The Morgan fingerprint density at radius 2 is 2.00 bits per heavy atom. The molecule has 12 heavy (non-hydrogen) atoms. The summed E-state index contributed by atoms with van der Waals surface area (Å²) in [7, 11) is 0. The van der Waals surface area contributed by atoms with Gasteiger partial charge in [-0.15, -0.1) is 0 Å². The number of nitrogens with zero attached hydrogens (tertiary/aromatic N) is 1. The normalized spacial score (nSPS) is 34.3. The molecule has 70 valence electrons. The number of hydrogen-bond donors (Lipinski definition) is 0. The van der Waals surface area contributed by atoms with E-state index < -0.39 is 0 Å². The van der Waals surface area contributed by atoms with Crippen molar-refractivity contribution in [1.82, 2.24) is 0 Å². The zero-order chi connectivity index (χ0) is 9.19. The van der Waals surface area contributed by atoms with Crippen LogP contribution in [-0.4, -0.2) is 23.4 Å². The summed E-state index contributed by atoms with van der Waals surface area (Å²) in [6, 6.07) is 0.817. The van der Waals surface area contributed by atoms with Gasteiger partial charge in [0.15, 0.2) is 12.3 Å². The minimum absolute atomic E-state index is 0.506. The Hall–Kier alpha value is -0.330. The maximum atomic E-state index is 2.49. The first-order chi connectivity index (χ1) is 5.68. The molecule has 1 heteroatoms. The van der Waals surface area contributed by atoms with Crippen molar-refractivity contribution in [3.63, 3.8) is 0 Å². The molecule has 0 aliphatic carbocycles. The van der Waals surface area contributed by atoms with Gasteiger partial charge in [-0.2, -0.15) is 0 Å². The lowest BCUT2D eigenvalue weighted by Crippen LogP contribution is -2.54. The topological polar surface area (TPSA) is 3.01 Å². The quantitative estimate of drug-likeness (QED) is 0.568. The molecule has 0 amide bonds. The average Bonchev–Trinajstić information content (AvgIpc) is 2.09. The molecule has 0 spiro atoms. The summed E-state index contributed by atoms with van der Waals surface area (Å²) in [5, 5.41) is 0. The Kier molecular flexibility index (Phi) is 2.92. The molecule has 1 nitrogen and oxygen atoms in total. The summed E-state index contributed by atoms with van der Waals surface area (Å²) >= 11 is 0. The Labute approximate surface area is 76.5 Å². The van der Waals surface area contributed by atoms with Gasteiger partial charge in [-0.05, 0) is 26.7 Å². The Bertz CT molecular complexity index is 183. The van der Waals surface area contributed by atoms with E-state index in [1.807, 2.05) is 0 Å². The van der Waals surface area contributed by atoms with E-state index in [0.29, 0.717) is 5.41 Å². The van der Waals surface area contributed by atoms with Crippen LogP contribution in [0, 0.1) is 5.41 Å². The summed E-state index contributed by atoms with van der Waals surface area (Å²) in [4.78, 5) is 0. The predicted molar refractivity (Wildman–Crippen MR) is 54.0 cm³/mol. The fraction of sp³-hybridized carbons (Fsp3) is 0.909. The second kappa shape index (κ2) is 3.59. The van der Waals surface area contributed by atoms with Crippen LogP contribution in [0.15, 0.2) is 0 Å². The number of rotatable bonds is 4. The van der Waals surface area contributed by atoms with Gasteiger partial charge in [0, 0.05) is 6.42 Å². The van der Waals surface area contributed by atoms with Crippen molar-refractivity contribution in [1.29, 1.82) is 0 Å². The highest BCUT2D eigenvalue weighted by molar-refractivity contribution is 5.65. The Balaban J connectivity index is 2.64. The Morgan fingerprint density at radius 1 is 1.33 bits per heavy atom. The molecule has 2 unspecified atom stereocenters. The summed E-state index contributed by atoms with van der Waals surface area (Å²) < 4.78 is 2.49. The van der Waals surface area contributed by atoms with Crippen LogP contribution in [0.5, 0.6) is 0 Å². The molecule has 0 aromatic carbocycles. The van der Waals surface area contributed by atoms with Crippen molar-refractivity contribution < 1.29 is 4.58 Å². The summed E-state index contributed by atoms with van der Waals surface area (Å²) in [6.07, 6.45) is 6.38. The molecule has 1 rings (SSSR count). The van der Waals surface area contributed by atoms with Crippen LogP contribution in [0.2, 0.25) is 0 Å². The van der Waals surface area contributed by atoms with E-state index in [9.17, 15) is 0 Å². The largest absolute Gasteiger partial charge is 0.235 e. The van der Waals surface area contributed by atoms with Crippen molar-refractivity contribution >= 4 is 6.21 Å². The smallest absolute Gasteiger partial charge is 0.166 e. The highest BCUT2D eigenvalue weighted by atomic mass is 15.1. The second-order valence-electron chi connectivity index (χ2n) is 4.12. The highest BCUT2D eigenvalue weighted by Crippen LogP contribution is 2.35. The SMILES string of the molecule is CCCC1[N+](CC)=CC1(C)CC. The molecule has 0 aromatic heterocycles. The van der Waals surface area contributed by atoms with Gasteiger partial charge in [0.1, 0.15) is 12.0 Å². The molecule has 0 bridgehead atoms. The maximum Gasteiger partial charge on any atom is 0.166 e. The minimum Gasteiger partial charge on any atom is -0.235 e. The molecule has 0 fully saturated rings. The van der Waals surface area contributed by atoms with Crippen LogP contribution in [-0.2, 0) is 0 Å². The van der Waals surface area contributed by atoms with Gasteiger partial charge < -0.3 is 0 Å². The molecular formula is C11H22N+. The second-order valence-corrected chi connectivity index (χ2v) is 4.12. The summed E-state index contributed by atoms with van der Waals surface area (Å²) in [5.41, 5.74) is 0.506. The molecular weight excluding hydrogens is 146 g/mol. The molecule has 0 radical (unpaired) electrons. The van der Waals surface area contributed by atoms with E-state index in [4.69, 9.17) is 0 Å². The van der Waals surface area contributed by atoms with Crippen LogP contribution >= 0.6 is 0 Å². The van der Waals surface area contributed by atoms with E-state index in [0.717, 1.165) is 6.04 Å². The number of hydrogen-bond acceptors (Lipinski definition) is 0. The van der Waals surface area contributed by atoms with Gasteiger partial charge in [-0.25, -0.2) is 4.58 Å². The fourth-order valence-corrected chi connectivity index (χ4v) is 2.26. The van der Waals surface area contributed by atoms with Crippen molar-refractivity contribution in [2.45, 2.75) is 53.0 Å². The third-order valence-corrected chi connectivity index (χ3v) is 3.31. The van der Waals surface area contributed by atoms with Gasteiger partial charge in [0.2, 0.25) is 0 Å². The first-order valence-electron chi connectivity index (χ1n) is 5.29. The zero-order valence-electron chi connectivity index (χ0n) is 8.93. The lowest BCUT2D eigenvalue weighted by atomic mass is 9.73. The third-order valence-electron chi connectivity index (χ3n) is 3.31. The monoisotopic (exact) mass is 168 g/mol. The molecule has 0 saturated heterocycles. The summed E-state index contributed by atoms with van der Waals surface area (Å²) in [5.74, 6) is 0. The van der Waals surface area contributed by atoms with E-state index >= 15 is 0 Å². The minimum atomic E-state index is 0.506. The Morgan fingerprint density at radius 3 is 2.42 bits per heavy atom. The van der Waals surface area contributed by atoms with Crippen LogP contribution in [0.1, 0.15) is 47.0 Å². The third kappa shape index (κ3) is 1.41. The van der Waals surface area contributed by atoms with Gasteiger partial charge in [0.05, 0.1) is 0 Å². The molecule has 1 aliphatic rings. The molecule has 0 N–H and O–H groups in total. The highest BCUT2D eigenvalue weighted by Gasteiger charge is 2.48. The van der Waals surface area contributed by atoms with E-state index in [-0.39, 0.29) is 0 Å². The molecule has 1 heterocycles. The molecule has 0 aromatic rings. The van der Waals surface area contributed by atoms with Gasteiger partial charge in [0.25, 0.3) is 0 Å². The summed E-state index contributed by atoms with van der Waals surface area (Å²) in [6.45, 7) is 10.4. The first-order valence-corrected chi connectivity index (χ1v) is 5.29. The van der Waals surface area contributed by atoms with Gasteiger partial charge in [-0.1, -0.05) is 13.8 Å². The molecule has 1 aliphatic heterocycles. The van der Waals surface area contributed by atoms with E-state index in [1.54, 1.807) is 0 Å². The van der Waals surface area contributed by atoms with Crippen molar-refractivity contribution in [3.05, 3.63) is 0 Å². The van der Waals surface area contributed by atoms with Crippen molar-refractivity contribution in [3.8, 4) is 0 Å². The lowest BCUT2D eigenvalue weighted by Gasteiger charge is -2.37. The standard InChI is InChI=1S/C11H22N/c1-5-8-10-11(4,6-2)9-12(10)7-3/h9-10H,5-8H2,1-4H3/q+1. The predicted octanol–water partition coefficient (Wildman–Crippen LogP) is 2.69. The first kappa shape index (κ1) is 9.76. The fourth-order valence-electron chi connectivity index (χ4n) is 2.26. The van der Waals surface area contributed by atoms with Crippen LogP contribution in [0.4, 0.5) is 0 Å². The van der Waals surface area contributed by atoms with Gasteiger partial charge in [-0.3, -0.25) is 0 Å². The van der Waals surface area contributed by atoms with Crippen LogP contribution < -0.4 is 0 Å². The van der Waals surface area contributed by atoms with E-state index in [1.165, 1.54) is 25.8 Å². The van der Waals surface area contributed by atoms with Gasteiger partial charge >= 0.3 is 0 Å². The lowest BCUT2D eigenvalue weighted by molar-refractivity contribution is -0.608. The zero-order valence-corrected chi connectivity index (χ0v) is 8.93.